The molecule has 0 aliphatic carbocycles. The van der Waals surface area contributed by atoms with Crippen LogP contribution in [0, 0.1) is 13.0 Å². The number of carbonyl (C=O) groups is 1. The Morgan fingerprint density at radius 2 is 1.63 bits per heavy atom. The average molecular weight is 714 g/mol. The molecule has 35 heavy (non-hydrogen) atoms. The van der Waals surface area contributed by atoms with Gasteiger partial charge in [-0.15, -0.1) is 0 Å². The highest BCUT2D eigenvalue weighted by Gasteiger charge is 2.36. The summed E-state index contributed by atoms with van der Waals surface area (Å²) in [5.41, 5.74) is 2.91. The van der Waals surface area contributed by atoms with Crippen LogP contribution in [0.4, 0.5) is 10.1 Å². The third-order valence-corrected chi connectivity index (χ3v) is 7.35. The topological polar surface area (TPSA) is 42.0 Å². The Bertz CT molecular complexity index is 1270. The molecule has 1 aliphatic rings. The van der Waals surface area contributed by atoms with E-state index in [0.717, 1.165) is 29.8 Å². The number of carbonyl (C=O) groups excluding carboxylic acids is 1. The molecular weight excluding hydrogens is 693 g/mol. The third kappa shape index (κ3) is 5.78. The first-order valence-electron chi connectivity index (χ1n) is 10.7. The zero-order chi connectivity index (χ0) is 25.1. The van der Waals surface area contributed by atoms with Gasteiger partial charge in [0.05, 0.1) is 19.4 Å². The smallest absolute Gasteiger partial charge is 0.281 e. The van der Waals surface area contributed by atoms with Gasteiger partial charge in [0.15, 0.2) is 5.11 Å². The normalized spacial score (nSPS) is 14.7. The Hall–Kier alpha value is -2.25. The van der Waals surface area contributed by atoms with Crippen LogP contribution >= 0.6 is 57.4 Å². The summed E-state index contributed by atoms with van der Waals surface area (Å²) in [6.45, 7) is 2.83. The number of halogens is 3. The number of ether oxygens (including phenoxy) is 2. The number of hydrogen-bond acceptors (Lipinski definition) is 4. The number of likely N-dealkylation sites (N-methyl/N-ethyl adjacent to an activating group) is 1. The van der Waals surface area contributed by atoms with E-state index in [4.69, 9.17) is 21.7 Å². The zero-order valence-electron chi connectivity index (χ0n) is 18.9. The molecule has 0 radical (unpaired) electrons. The Morgan fingerprint density at radius 1 is 1.00 bits per heavy atom. The second-order valence-electron chi connectivity index (χ2n) is 7.67. The van der Waals surface area contributed by atoms with Gasteiger partial charge in [-0.1, -0.05) is 12.1 Å². The molecule has 0 saturated carbocycles. The van der Waals surface area contributed by atoms with Crippen LogP contribution in [0.3, 0.4) is 0 Å². The molecule has 3 aromatic carbocycles. The number of amides is 1. The molecule has 0 aromatic heterocycles. The lowest BCUT2D eigenvalue weighted by molar-refractivity contribution is -0.114. The second-order valence-corrected chi connectivity index (χ2v) is 10.4. The number of anilines is 1. The van der Waals surface area contributed by atoms with Crippen molar-refractivity contribution in [2.45, 2.75) is 13.5 Å². The number of benzene rings is 3. The average Bonchev–Trinajstić information content (AvgIpc) is 3.03. The van der Waals surface area contributed by atoms with Crippen LogP contribution in [-0.2, 0) is 11.4 Å². The maximum Gasteiger partial charge on any atom is 0.281 e. The fraction of sp³-hybridized carbons (Fsp3) is 0.154. The van der Waals surface area contributed by atoms with Crippen LogP contribution in [0.5, 0.6) is 11.5 Å². The molecule has 1 aliphatic heterocycles. The van der Waals surface area contributed by atoms with Gasteiger partial charge < -0.3 is 14.4 Å². The summed E-state index contributed by atoms with van der Waals surface area (Å²) in [5, 5.41) is 0.411. The molecule has 9 heteroatoms. The van der Waals surface area contributed by atoms with E-state index in [2.05, 4.69) is 45.2 Å². The van der Waals surface area contributed by atoms with Crippen LogP contribution in [0.1, 0.15) is 18.1 Å². The third-order valence-electron chi connectivity index (χ3n) is 5.29. The van der Waals surface area contributed by atoms with E-state index in [-0.39, 0.29) is 11.7 Å². The molecule has 1 heterocycles. The molecule has 0 bridgehead atoms. The predicted octanol–water partition coefficient (Wildman–Crippen LogP) is 6.62. The minimum Gasteiger partial charge on any atom is -0.494 e. The second kappa shape index (κ2) is 11.2. The van der Waals surface area contributed by atoms with E-state index < -0.39 is 0 Å². The first-order chi connectivity index (χ1) is 16.8. The maximum absolute atomic E-state index is 13.3. The van der Waals surface area contributed by atoms with Gasteiger partial charge in [0.1, 0.15) is 29.6 Å². The fourth-order valence-corrected chi connectivity index (χ4v) is 5.95. The summed E-state index contributed by atoms with van der Waals surface area (Å²) >= 11 is 10.0. The molecule has 0 atom stereocenters. The van der Waals surface area contributed by atoms with Gasteiger partial charge in [0, 0.05) is 7.05 Å². The van der Waals surface area contributed by atoms with Crippen molar-refractivity contribution in [3.8, 4) is 11.5 Å². The quantitative estimate of drug-likeness (QED) is 0.157. The van der Waals surface area contributed by atoms with E-state index >= 15 is 0 Å². The minimum absolute atomic E-state index is 0.191. The first kappa shape index (κ1) is 25.8. The van der Waals surface area contributed by atoms with Crippen LogP contribution < -0.4 is 14.4 Å². The number of thiocarbonyl (C=S) groups is 1. The summed E-state index contributed by atoms with van der Waals surface area (Å²) in [6, 6.07) is 17.5. The zero-order valence-corrected chi connectivity index (χ0v) is 24.1. The molecule has 180 valence electrons. The highest BCUT2D eigenvalue weighted by atomic mass is 127. The lowest BCUT2D eigenvalue weighted by Crippen LogP contribution is -2.31. The summed E-state index contributed by atoms with van der Waals surface area (Å²) in [4.78, 5) is 16.5. The number of nitrogens with zero attached hydrogens (tertiary/aromatic N) is 2. The van der Waals surface area contributed by atoms with Gasteiger partial charge in [-0.05, 0) is 130 Å². The van der Waals surface area contributed by atoms with E-state index in [1.807, 2.05) is 49.4 Å². The van der Waals surface area contributed by atoms with Crippen molar-refractivity contribution >= 4 is 80.2 Å². The lowest BCUT2D eigenvalue weighted by Gasteiger charge is -2.16. The Morgan fingerprint density at radius 3 is 2.23 bits per heavy atom. The highest BCUT2D eigenvalue weighted by molar-refractivity contribution is 14.1. The Labute approximate surface area is 236 Å². The van der Waals surface area contributed by atoms with Crippen molar-refractivity contribution in [1.82, 2.24) is 4.90 Å². The Balaban J connectivity index is 1.55. The monoisotopic (exact) mass is 714 g/mol. The summed E-state index contributed by atoms with van der Waals surface area (Å²) < 4.78 is 26.4. The van der Waals surface area contributed by atoms with Crippen molar-refractivity contribution in [1.29, 1.82) is 0 Å². The van der Waals surface area contributed by atoms with Crippen molar-refractivity contribution in [3.63, 3.8) is 0 Å². The number of hydrogen-bond donors (Lipinski definition) is 0. The van der Waals surface area contributed by atoms with Crippen molar-refractivity contribution in [2.75, 3.05) is 18.6 Å². The molecule has 0 unspecified atom stereocenters. The van der Waals surface area contributed by atoms with E-state index in [0.29, 0.717) is 29.7 Å². The fourth-order valence-electron chi connectivity index (χ4n) is 3.54. The first-order valence-corrected chi connectivity index (χ1v) is 13.3. The molecular formula is C26H21FI2N2O3S. The van der Waals surface area contributed by atoms with E-state index in [9.17, 15) is 9.18 Å². The van der Waals surface area contributed by atoms with Crippen LogP contribution in [0.25, 0.3) is 6.08 Å². The van der Waals surface area contributed by atoms with Crippen LogP contribution in [-0.4, -0.2) is 29.6 Å². The molecule has 0 spiro atoms. The molecule has 0 N–H and O–H groups in total. The van der Waals surface area contributed by atoms with Crippen LogP contribution in [0.15, 0.2) is 66.4 Å². The molecule has 5 nitrogen and oxygen atoms in total. The molecule has 1 fully saturated rings. The molecule has 4 rings (SSSR count). The van der Waals surface area contributed by atoms with Crippen molar-refractivity contribution in [2.24, 2.45) is 0 Å². The van der Waals surface area contributed by atoms with E-state index in [1.54, 1.807) is 24.1 Å². The van der Waals surface area contributed by atoms with Gasteiger partial charge in [0.25, 0.3) is 5.91 Å². The predicted molar refractivity (Wildman–Crippen MR) is 156 cm³/mol. The van der Waals surface area contributed by atoms with Gasteiger partial charge in [-0.3, -0.25) is 9.69 Å². The maximum atomic E-state index is 13.3. The minimum atomic E-state index is -0.276. The van der Waals surface area contributed by atoms with Gasteiger partial charge in [-0.2, -0.15) is 0 Å². The SMILES string of the molecule is CCOc1ccc(N2C(=O)/C(=C/c3cc(I)c(OCc4ccc(F)cc4)c(I)c3)N(C)C2=S)cc1. The molecule has 1 saturated heterocycles. The Kier molecular flexibility index (Phi) is 8.27. The summed E-state index contributed by atoms with van der Waals surface area (Å²) in [7, 11) is 1.79. The largest absolute Gasteiger partial charge is 0.494 e. The van der Waals surface area contributed by atoms with E-state index in [1.165, 1.54) is 17.0 Å². The standard InChI is InChI=1S/C26H21FI2N2O3S/c1-3-33-20-10-8-19(9-11-20)31-25(32)23(30(2)26(31)35)14-17-12-21(28)24(22(29)13-17)34-15-16-4-6-18(27)7-5-16/h4-14H,3,15H2,1-2H3/b23-14-. The van der Waals surface area contributed by atoms with Gasteiger partial charge in [0.2, 0.25) is 0 Å². The van der Waals surface area contributed by atoms with Crippen LogP contribution in [0.2, 0.25) is 0 Å². The lowest BCUT2D eigenvalue weighted by atomic mass is 10.1. The summed E-state index contributed by atoms with van der Waals surface area (Å²) in [5.74, 6) is 1.02. The highest BCUT2D eigenvalue weighted by Crippen LogP contribution is 2.33. The summed E-state index contributed by atoms with van der Waals surface area (Å²) in [6.07, 6.45) is 1.83. The van der Waals surface area contributed by atoms with Gasteiger partial charge >= 0.3 is 0 Å². The van der Waals surface area contributed by atoms with Gasteiger partial charge in [-0.25, -0.2) is 4.39 Å². The van der Waals surface area contributed by atoms with Crippen molar-refractivity contribution < 1.29 is 18.7 Å². The molecule has 3 aromatic rings. The van der Waals surface area contributed by atoms with Crippen molar-refractivity contribution in [3.05, 3.63) is 90.4 Å². The number of rotatable bonds is 7. The molecule has 1 amide bonds.